The average molecular weight is 412 g/mol. The summed E-state index contributed by atoms with van der Waals surface area (Å²) in [7, 11) is 1.69. The number of carbonyl (C=O) groups excluding carboxylic acids is 1. The fourth-order valence-electron chi connectivity index (χ4n) is 3.87. The van der Waals surface area contributed by atoms with Gasteiger partial charge in [0.05, 0.1) is 26.0 Å². The van der Waals surface area contributed by atoms with Crippen LogP contribution in [0.15, 0.2) is 42.6 Å². The Hall–Kier alpha value is -3.00. The standard InChI is InChI=1S/C22H29N5O3/c1-29-20-5-3-2-4-19(20)25-8-10-27(11-9-25)22(28)24-17-18-6-7-23-21(16-18)26-12-14-30-15-13-26/h2-7,16H,8-15,17H2,1H3,(H,24,28). The molecule has 8 heteroatoms. The van der Waals surface area contributed by atoms with E-state index in [1.54, 1.807) is 13.3 Å². The van der Waals surface area contributed by atoms with E-state index in [9.17, 15) is 4.79 Å². The van der Waals surface area contributed by atoms with Crippen LogP contribution in [0.4, 0.5) is 16.3 Å². The minimum Gasteiger partial charge on any atom is -0.495 e. The van der Waals surface area contributed by atoms with E-state index in [0.717, 1.165) is 62.2 Å². The molecule has 0 saturated carbocycles. The van der Waals surface area contributed by atoms with Gasteiger partial charge in [-0.25, -0.2) is 9.78 Å². The number of aromatic nitrogens is 1. The maximum Gasteiger partial charge on any atom is 0.317 e. The predicted octanol–water partition coefficient (Wildman–Crippen LogP) is 1.96. The van der Waals surface area contributed by atoms with Crippen molar-refractivity contribution >= 4 is 17.5 Å². The number of urea groups is 1. The summed E-state index contributed by atoms with van der Waals surface area (Å²) in [5.41, 5.74) is 2.12. The van der Waals surface area contributed by atoms with Crippen molar-refractivity contribution < 1.29 is 14.3 Å². The molecule has 8 nitrogen and oxygen atoms in total. The van der Waals surface area contributed by atoms with Gasteiger partial charge < -0.3 is 29.5 Å². The number of pyridine rings is 1. The van der Waals surface area contributed by atoms with Crippen LogP contribution in [0, 0.1) is 0 Å². The number of hydrogen-bond donors (Lipinski definition) is 1. The summed E-state index contributed by atoms with van der Waals surface area (Å²) >= 11 is 0. The van der Waals surface area contributed by atoms with Crippen molar-refractivity contribution in [2.45, 2.75) is 6.54 Å². The first-order valence-electron chi connectivity index (χ1n) is 10.4. The lowest BCUT2D eigenvalue weighted by Crippen LogP contribution is -2.51. The second-order valence-electron chi connectivity index (χ2n) is 7.43. The Balaban J connectivity index is 1.28. The SMILES string of the molecule is COc1ccccc1N1CCN(C(=O)NCc2ccnc(N3CCOCC3)c2)CC1. The zero-order valence-corrected chi connectivity index (χ0v) is 17.4. The largest absolute Gasteiger partial charge is 0.495 e. The second kappa shape index (κ2) is 9.67. The van der Waals surface area contributed by atoms with Crippen LogP contribution in [0.25, 0.3) is 0 Å². The highest BCUT2D eigenvalue weighted by Gasteiger charge is 2.22. The van der Waals surface area contributed by atoms with Gasteiger partial charge in [0.15, 0.2) is 0 Å². The number of anilines is 2. The van der Waals surface area contributed by atoms with E-state index in [1.807, 2.05) is 35.2 Å². The third-order valence-electron chi connectivity index (χ3n) is 5.58. The molecular weight excluding hydrogens is 382 g/mol. The number of hydrogen-bond acceptors (Lipinski definition) is 6. The molecular formula is C22H29N5O3. The number of benzene rings is 1. The van der Waals surface area contributed by atoms with Crippen molar-refractivity contribution in [3.63, 3.8) is 0 Å². The van der Waals surface area contributed by atoms with Gasteiger partial charge in [-0.05, 0) is 29.8 Å². The molecule has 1 aromatic heterocycles. The number of nitrogens with one attached hydrogen (secondary N) is 1. The Kier molecular flexibility index (Phi) is 6.53. The normalized spacial score (nSPS) is 17.0. The number of nitrogens with zero attached hydrogens (tertiary/aromatic N) is 4. The molecule has 160 valence electrons. The van der Waals surface area contributed by atoms with Gasteiger partial charge in [-0.15, -0.1) is 0 Å². The molecule has 1 aromatic carbocycles. The van der Waals surface area contributed by atoms with E-state index < -0.39 is 0 Å². The highest BCUT2D eigenvalue weighted by atomic mass is 16.5. The van der Waals surface area contributed by atoms with E-state index in [1.165, 1.54) is 0 Å². The molecule has 0 atom stereocenters. The maximum absolute atomic E-state index is 12.7. The van der Waals surface area contributed by atoms with Gasteiger partial charge in [-0.2, -0.15) is 0 Å². The molecule has 2 saturated heterocycles. The lowest BCUT2D eigenvalue weighted by Gasteiger charge is -2.36. The minimum atomic E-state index is -0.0283. The highest BCUT2D eigenvalue weighted by molar-refractivity contribution is 5.74. The van der Waals surface area contributed by atoms with E-state index >= 15 is 0 Å². The van der Waals surface area contributed by atoms with Crippen molar-refractivity contribution in [1.29, 1.82) is 0 Å². The van der Waals surface area contributed by atoms with Gasteiger partial charge in [0.2, 0.25) is 0 Å². The van der Waals surface area contributed by atoms with Crippen LogP contribution in [0.2, 0.25) is 0 Å². The van der Waals surface area contributed by atoms with Gasteiger partial charge >= 0.3 is 6.03 Å². The van der Waals surface area contributed by atoms with Crippen molar-refractivity contribution in [2.75, 3.05) is 69.4 Å². The van der Waals surface area contributed by atoms with Gasteiger partial charge in [0, 0.05) is 52.0 Å². The van der Waals surface area contributed by atoms with Gasteiger partial charge in [-0.3, -0.25) is 0 Å². The Morgan fingerprint density at radius 3 is 2.60 bits per heavy atom. The summed E-state index contributed by atoms with van der Waals surface area (Å²) in [5, 5.41) is 3.05. The molecule has 2 aliphatic heterocycles. The Bertz CT molecular complexity index is 848. The first-order chi connectivity index (χ1) is 14.7. The molecule has 4 rings (SSSR count). The number of rotatable bonds is 5. The van der Waals surface area contributed by atoms with Crippen molar-refractivity contribution in [1.82, 2.24) is 15.2 Å². The number of amides is 2. The fourth-order valence-corrected chi connectivity index (χ4v) is 3.87. The third kappa shape index (κ3) is 4.76. The van der Waals surface area contributed by atoms with Crippen molar-refractivity contribution in [3.05, 3.63) is 48.2 Å². The molecule has 30 heavy (non-hydrogen) atoms. The van der Waals surface area contributed by atoms with Crippen LogP contribution in [-0.4, -0.2) is 75.5 Å². The molecule has 0 radical (unpaired) electrons. The topological polar surface area (TPSA) is 70.2 Å². The zero-order valence-electron chi connectivity index (χ0n) is 17.4. The first kappa shape index (κ1) is 20.3. The Morgan fingerprint density at radius 2 is 1.83 bits per heavy atom. The van der Waals surface area contributed by atoms with E-state index in [4.69, 9.17) is 9.47 Å². The van der Waals surface area contributed by atoms with Crippen LogP contribution >= 0.6 is 0 Å². The fraction of sp³-hybridized carbons (Fsp3) is 0.455. The summed E-state index contributed by atoms with van der Waals surface area (Å²) in [6.45, 7) is 6.56. The van der Waals surface area contributed by atoms with Crippen LogP contribution in [0.5, 0.6) is 5.75 Å². The quantitative estimate of drug-likeness (QED) is 0.811. The smallest absolute Gasteiger partial charge is 0.317 e. The molecule has 2 amide bonds. The van der Waals surface area contributed by atoms with Gasteiger partial charge in [0.1, 0.15) is 11.6 Å². The van der Waals surface area contributed by atoms with Gasteiger partial charge in [-0.1, -0.05) is 12.1 Å². The van der Waals surface area contributed by atoms with Crippen molar-refractivity contribution in [2.24, 2.45) is 0 Å². The average Bonchev–Trinajstić information content (AvgIpc) is 2.83. The number of para-hydroxylation sites is 2. The van der Waals surface area contributed by atoms with Crippen LogP contribution in [0.1, 0.15) is 5.56 Å². The molecule has 0 spiro atoms. The summed E-state index contributed by atoms with van der Waals surface area (Å²) in [4.78, 5) is 23.5. The second-order valence-corrected chi connectivity index (χ2v) is 7.43. The molecule has 2 aliphatic rings. The minimum absolute atomic E-state index is 0.0283. The monoisotopic (exact) mass is 411 g/mol. The summed E-state index contributed by atoms with van der Waals surface area (Å²) in [6, 6.07) is 12.0. The molecule has 1 N–H and O–H groups in total. The highest BCUT2D eigenvalue weighted by Crippen LogP contribution is 2.28. The zero-order chi connectivity index (χ0) is 20.8. The first-order valence-corrected chi connectivity index (χ1v) is 10.4. The van der Waals surface area contributed by atoms with Crippen molar-refractivity contribution in [3.8, 4) is 5.75 Å². The maximum atomic E-state index is 12.7. The lowest BCUT2D eigenvalue weighted by molar-refractivity contribution is 0.122. The molecule has 3 heterocycles. The number of ether oxygens (including phenoxy) is 2. The molecule has 0 unspecified atom stereocenters. The lowest BCUT2D eigenvalue weighted by atomic mass is 10.2. The van der Waals surface area contributed by atoms with E-state index in [2.05, 4.69) is 26.2 Å². The van der Waals surface area contributed by atoms with Crippen LogP contribution in [-0.2, 0) is 11.3 Å². The Morgan fingerprint density at radius 1 is 1.07 bits per heavy atom. The van der Waals surface area contributed by atoms with Crippen LogP contribution < -0.4 is 19.9 Å². The number of piperazine rings is 1. The summed E-state index contributed by atoms with van der Waals surface area (Å²) in [6.07, 6.45) is 1.80. The summed E-state index contributed by atoms with van der Waals surface area (Å²) in [5.74, 6) is 1.81. The predicted molar refractivity (Wildman–Crippen MR) is 116 cm³/mol. The number of carbonyl (C=O) groups is 1. The number of morpholine rings is 1. The Labute approximate surface area is 177 Å². The molecule has 0 aliphatic carbocycles. The van der Waals surface area contributed by atoms with E-state index in [-0.39, 0.29) is 6.03 Å². The summed E-state index contributed by atoms with van der Waals surface area (Å²) < 4.78 is 10.9. The number of methoxy groups -OCH3 is 1. The van der Waals surface area contributed by atoms with E-state index in [0.29, 0.717) is 19.6 Å². The molecule has 2 aromatic rings. The third-order valence-corrected chi connectivity index (χ3v) is 5.58. The molecule has 0 bridgehead atoms. The van der Waals surface area contributed by atoms with Crippen LogP contribution in [0.3, 0.4) is 0 Å². The van der Waals surface area contributed by atoms with Gasteiger partial charge in [0.25, 0.3) is 0 Å². The molecule has 2 fully saturated rings.